The van der Waals surface area contributed by atoms with E-state index in [0.29, 0.717) is 27.6 Å². The van der Waals surface area contributed by atoms with Gasteiger partial charge in [-0.25, -0.2) is 5.01 Å². The van der Waals surface area contributed by atoms with Crippen LogP contribution < -0.4 is 5.56 Å². The van der Waals surface area contributed by atoms with Crippen molar-refractivity contribution in [1.82, 2.24) is 9.99 Å². The highest BCUT2D eigenvalue weighted by atomic mass is 79.9. The number of pyridine rings is 1. The molecule has 0 aliphatic carbocycles. The van der Waals surface area contributed by atoms with E-state index in [4.69, 9.17) is 32.7 Å². The summed E-state index contributed by atoms with van der Waals surface area (Å²) in [5, 5.41) is 7.54. The second-order valence-corrected chi connectivity index (χ2v) is 10.6. The van der Waals surface area contributed by atoms with Gasteiger partial charge in [0.15, 0.2) is 0 Å². The number of aromatic nitrogens is 1. The molecule has 1 aliphatic rings. The van der Waals surface area contributed by atoms with Gasteiger partial charge in [-0.1, -0.05) is 69.5 Å². The van der Waals surface area contributed by atoms with Crippen LogP contribution in [0.3, 0.4) is 0 Å². The Labute approximate surface area is 235 Å². The molecule has 1 N–H and O–H groups in total. The molecular formula is C29H18BrCl2N3O3. The molecular weight excluding hydrogens is 589 g/mol. The molecule has 0 saturated heterocycles. The van der Waals surface area contributed by atoms with Crippen molar-refractivity contribution in [3.05, 3.63) is 127 Å². The lowest BCUT2D eigenvalue weighted by atomic mass is 9.92. The first-order valence-corrected chi connectivity index (χ1v) is 13.3. The van der Waals surface area contributed by atoms with Gasteiger partial charge in [0.05, 0.1) is 28.1 Å². The average molecular weight is 607 g/mol. The molecule has 38 heavy (non-hydrogen) atoms. The standard InChI is InChI=1S/C29H18BrCl2N3O3/c30-17-8-11-22-20(13-17)26(16-5-2-1-3-6-16)27(28(36)33-22)23-15-24(25-7-4-12-38-25)35(34-23)29(37)19-10-9-18(31)14-21(19)32/h1-14,24H,15H2,(H,33,36)/t24-/m1/s1. The molecule has 6 nitrogen and oxygen atoms in total. The van der Waals surface area contributed by atoms with Crippen molar-refractivity contribution in [2.75, 3.05) is 0 Å². The van der Waals surface area contributed by atoms with Gasteiger partial charge in [0.25, 0.3) is 11.5 Å². The first kappa shape index (κ1) is 24.7. The van der Waals surface area contributed by atoms with Crippen LogP contribution in [0, 0.1) is 0 Å². The van der Waals surface area contributed by atoms with Crippen LogP contribution in [-0.2, 0) is 0 Å². The fourth-order valence-corrected chi connectivity index (χ4v) is 5.63. The highest BCUT2D eigenvalue weighted by Gasteiger charge is 2.38. The van der Waals surface area contributed by atoms with Gasteiger partial charge < -0.3 is 9.40 Å². The summed E-state index contributed by atoms with van der Waals surface area (Å²) < 4.78 is 6.56. The van der Waals surface area contributed by atoms with Gasteiger partial charge >= 0.3 is 0 Å². The summed E-state index contributed by atoms with van der Waals surface area (Å²) in [6.07, 6.45) is 1.81. The fraction of sp³-hybridized carbons (Fsp3) is 0.0690. The van der Waals surface area contributed by atoms with Crippen molar-refractivity contribution in [2.45, 2.75) is 12.5 Å². The summed E-state index contributed by atoms with van der Waals surface area (Å²) in [6, 6.07) is 23.0. The monoisotopic (exact) mass is 605 g/mol. The van der Waals surface area contributed by atoms with Gasteiger partial charge in [-0.3, -0.25) is 9.59 Å². The molecule has 0 unspecified atom stereocenters. The Kier molecular flexibility index (Phi) is 6.43. The molecule has 0 radical (unpaired) electrons. The lowest BCUT2D eigenvalue weighted by Gasteiger charge is -2.20. The summed E-state index contributed by atoms with van der Waals surface area (Å²) in [5.41, 5.74) is 3.11. The van der Waals surface area contributed by atoms with Crippen LogP contribution >= 0.6 is 39.1 Å². The number of furan rings is 1. The van der Waals surface area contributed by atoms with E-state index < -0.39 is 11.9 Å². The van der Waals surface area contributed by atoms with E-state index in [1.54, 1.807) is 30.5 Å². The fourth-order valence-electron chi connectivity index (χ4n) is 4.78. The normalized spacial score (nSPS) is 15.2. The molecule has 0 saturated carbocycles. The number of rotatable bonds is 4. The largest absolute Gasteiger partial charge is 0.467 e. The predicted molar refractivity (Wildman–Crippen MR) is 153 cm³/mol. The number of aromatic amines is 1. The van der Waals surface area contributed by atoms with Crippen LogP contribution in [0.5, 0.6) is 0 Å². The van der Waals surface area contributed by atoms with Crippen molar-refractivity contribution in [1.29, 1.82) is 0 Å². The van der Waals surface area contributed by atoms with E-state index in [2.05, 4.69) is 20.9 Å². The maximum Gasteiger partial charge on any atom is 0.276 e. The number of carbonyl (C=O) groups excluding carboxylic acids is 1. The maximum absolute atomic E-state index is 13.7. The van der Waals surface area contributed by atoms with Crippen molar-refractivity contribution in [2.24, 2.45) is 5.10 Å². The summed E-state index contributed by atoms with van der Waals surface area (Å²) in [5.74, 6) is 0.118. The van der Waals surface area contributed by atoms with Crippen LogP contribution in [0.15, 0.2) is 104 Å². The number of benzene rings is 3. The van der Waals surface area contributed by atoms with E-state index >= 15 is 0 Å². The maximum atomic E-state index is 13.7. The summed E-state index contributed by atoms with van der Waals surface area (Å²) in [7, 11) is 0. The third kappa shape index (κ3) is 4.36. The molecule has 9 heteroatoms. The second kappa shape index (κ2) is 9.91. The molecule has 188 valence electrons. The van der Waals surface area contributed by atoms with E-state index in [1.807, 2.05) is 48.5 Å². The minimum atomic E-state index is -0.569. The second-order valence-electron chi connectivity index (χ2n) is 8.82. The number of hydrazone groups is 1. The Morgan fingerprint density at radius 1 is 1.00 bits per heavy atom. The Hall–Kier alpha value is -3.65. The van der Waals surface area contributed by atoms with Crippen LogP contribution in [0.25, 0.3) is 22.0 Å². The van der Waals surface area contributed by atoms with E-state index in [1.165, 1.54) is 11.1 Å². The number of halogens is 3. The molecule has 3 aromatic carbocycles. The molecule has 0 spiro atoms. The zero-order chi connectivity index (χ0) is 26.4. The molecule has 1 aliphatic heterocycles. The number of H-pyrrole nitrogens is 1. The molecule has 3 heterocycles. The van der Waals surface area contributed by atoms with Gasteiger partial charge in [0.2, 0.25) is 0 Å². The zero-order valence-electron chi connectivity index (χ0n) is 19.6. The lowest BCUT2D eigenvalue weighted by Crippen LogP contribution is -2.27. The average Bonchev–Trinajstić information content (AvgIpc) is 3.59. The van der Waals surface area contributed by atoms with Crippen molar-refractivity contribution >= 4 is 61.7 Å². The minimum Gasteiger partial charge on any atom is -0.467 e. The molecule has 2 aromatic heterocycles. The predicted octanol–water partition coefficient (Wildman–Crippen LogP) is 7.85. The number of amides is 1. The quantitative estimate of drug-likeness (QED) is 0.226. The van der Waals surface area contributed by atoms with Gasteiger partial charge in [-0.05, 0) is 54.1 Å². The molecule has 1 amide bonds. The third-order valence-electron chi connectivity index (χ3n) is 6.48. The number of nitrogens with one attached hydrogen (secondary N) is 1. The van der Waals surface area contributed by atoms with E-state index in [-0.39, 0.29) is 22.6 Å². The van der Waals surface area contributed by atoms with E-state index in [9.17, 15) is 9.59 Å². The number of carbonyl (C=O) groups is 1. The molecule has 1 atom stereocenters. The SMILES string of the molecule is O=C(c1ccc(Cl)cc1Cl)N1N=C(c2c(-c3ccccc3)c3cc(Br)ccc3[nH]c2=O)C[C@@H]1c1ccco1. The molecule has 6 rings (SSSR count). The van der Waals surface area contributed by atoms with Crippen molar-refractivity contribution in [3.63, 3.8) is 0 Å². The van der Waals surface area contributed by atoms with Gasteiger partial charge in [-0.2, -0.15) is 5.10 Å². The first-order valence-electron chi connectivity index (χ1n) is 11.7. The number of hydrogen-bond donors (Lipinski definition) is 1. The van der Waals surface area contributed by atoms with Gasteiger partial charge in [0, 0.05) is 32.4 Å². The lowest BCUT2D eigenvalue weighted by molar-refractivity contribution is 0.0693. The third-order valence-corrected chi connectivity index (χ3v) is 7.52. The zero-order valence-corrected chi connectivity index (χ0v) is 22.7. The molecule has 0 fully saturated rings. The Bertz CT molecular complexity index is 1780. The smallest absolute Gasteiger partial charge is 0.276 e. The van der Waals surface area contributed by atoms with Crippen LogP contribution in [0.4, 0.5) is 0 Å². The summed E-state index contributed by atoms with van der Waals surface area (Å²) in [4.78, 5) is 30.3. The summed E-state index contributed by atoms with van der Waals surface area (Å²) >= 11 is 16.0. The van der Waals surface area contributed by atoms with Gasteiger partial charge in [-0.15, -0.1) is 0 Å². The molecule has 5 aromatic rings. The van der Waals surface area contributed by atoms with Crippen molar-refractivity contribution in [3.8, 4) is 11.1 Å². The summed E-state index contributed by atoms with van der Waals surface area (Å²) in [6.45, 7) is 0. The molecule has 0 bridgehead atoms. The van der Waals surface area contributed by atoms with Gasteiger partial charge in [0.1, 0.15) is 11.8 Å². The highest BCUT2D eigenvalue weighted by molar-refractivity contribution is 9.10. The van der Waals surface area contributed by atoms with Crippen molar-refractivity contribution < 1.29 is 9.21 Å². The Morgan fingerprint density at radius 3 is 2.55 bits per heavy atom. The minimum absolute atomic E-state index is 0.211. The number of nitrogens with zero attached hydrogens (tertiary/aromatic N) is 2. The topological polar surface area (TPSA) is 78.7 Å². The number of hydrogen-bond acceptors (Lipinski definition) is 4. The highest BCUT2D eigenvalue weighted by Crippen LogP contribution is 2.38. The van der Waals surface area contributed by atoms with Crippen LogP contribution in [0.1, 0.15) is 34.1 Å². The Morgan fingerprint density at radius 2 is 1.82 bits per heavy atom. The number of fused-ring (bicyclic) bond motifs is 1. The first-order chi connectivity index (χ1) is 18.4. The Balaban J connectivity index is 1.57. The van der Waals surface area contributed by atoms with Crippen LogP contribution in [-0.4, -0.2) is 21.6 Å². The van der Waals surface area contributed by atoms with Crippen LogP contribution in [0.2, 0.25) is 10.0 Å². The van der Waals surface area contributed by atoms with E-state index in [0.717, 1.165) is 21.0 Å².